The van der Waals surface area contributed by atoms with Crippen LogP contribution < -0.4 is 5.32 Å². The molecule has 1 aliphatic rings. The molecule has 0 radical (unpaired) electrons. The number of amides is 1. The summed E-state index contributed by atoms with van der Waals surface area (Å²) < 4.78 is 0. The van der Waals surface area contributed by atoms with Gasteiger partial charge in [0.05, 0.1) is 11.1 Å². The van der Waals surface area contributed by atoms with E-state index < -0.39 is 5.54 Å². The van der Waals surface area contributed by atoms with Gasteiger partial charge < -0.3 is 10.4 Å². The van der Waals surface area contributed by atoms with Gasteiger partial charge in [-0.1, -0.05) is 0 Å². The van der Waals surface area contributed by atoms with Crippen molar-refractivity contribution in [2.75, 3.05) is 0 Å². The highest BCUT2D eigenvalue weighted by Gasteiger charge is 2.39. The molecule has 0 fully saturated rings. The van der Waals surface area contributed by atoms with Crippen molar-refractivity contribution in [3.63, 3.8) is 0 Å². The molecule has 4 heteroatoms. The van der Waals surface area contributed by atoms with E-state index in [4.69, 9.17) is 0 Å². The molecule has 15 heavy (non-hydrogen) atoms. The van der Waals surface area contributed by atoms with Crippen LogP contribution in [0.2, 0.25) is 0 Å². The molecule has 0 aliphatic carbocycles. The summed E-state index contributed by atoms with van der Waals surface area (Å²) >= 11 is 1.48. The third-order valence-corrected chi connectivity index (χ3v) is 3.61. The first-order chi connectivity index (χ1) is 6.93. The molecule has 1 aromatic rings. The second-order valence-electron chi connectivity index (χ2n) is 4.24. The van der Waals surface area contributed by atoms with Crippen molar-refractivity contribution in [2.24, 2.45) is 0 Å². The molecule has 2 rings (SSSR count). The van der Waals surface area contributed by atoms with E-state index in [2.05, 4.69) is 5.32 Å². The first-order valence-electron chi connectivity index (χ1n) is 4.74. The zero-order valence-electron chi connectivity index (χ0n) is 8.92. The highest BCUT2D eigenvalue weighted by molar-refractivity contribution is 7.11. The van der Waals surface area contributed by atoms with E-state index in [0.717, 1.165) is 10.4 Å². The van der Waals surface area contributed by atoms with Crippen LogP contribution in [0.15, 0.2) is 17.2 Å². The fourth-order valence-corrected chi connectivity index (χ4v) is 2.63. The molecule has 0 unspecified atom stereocenters. The lowest BCUT2D eigenvalue weighted by molar-refractivity contribution is -0.115. The van der Waals surface area contributed by atoms with Crippen molar-refractivity contribution in [1.82, 2.24) is 5.32 Å². The Morgan fingerprint density at radius 3 is 2.53 bits per heavy atom. The number of carbonyl (C=O) groups excluding carboxylic acids is 1. The SMILES string of the molecule is Cc1ccsc1C1=C(O)C(C)(C)NC1=O. The Bertz CT molecular complexity index is 457. The summed E-state index contributed by atoms with van der Waals surface area (Å²) in [7, 11) is 0. The second kappa shape index (κ2) is 3.10. The van der Waals surface area contributed by atoms with Crippen molar-refractivity contribution >= 4 is 22.8 Å². The molecule has 2 heterocycles. The molecule has 80 valence electrons. The standard InChI is InChI=1S/C11H13NO2S/c1-6-4-5-15-8(6)7-9(13)11(2,3)12-10(7)14/h4-5,13H,1-3H3,(H,12,14). The lowest BCUT2D eigenvalue weighted by Crippen LogP contribution is -2.38. The third kappa shape index (κ3) is 1.45. The number of nitrogens with one attached hydrogen (secondary N) is 1. The largest absolute Gasteiger partial charge is 0.509 e. The quantitative estimate of drug-likeness (QED) is 0.767. The van der Waals surface area contributed by atoms with E-state index in [9.17, 15) is 9.90 Å². The van der Waals surface area contributed by atoms with Crippen LogP contribution in [-0.4, -0.2) is 16.6 Å². The zero-order valence-corrected chi connectivity index (χ0v) is 9.73. The molecule has 2 N–H and O–H groups in total. The van der Waals surface area contributed by atoms with Crippen LogP contribution in [0.5, 0.6) is 0 Å². The Morgan fingerprint density at radius 1 is 1.47 bits per heavy atom. The van der Waals surface area contributed by atoms with E-state index >= 15 is 0 Å². The topological polar surface area (TPSA) is 49.3 Å². The minimum absolute atomic E-state index is 0.137. The molecule has 0 bridgehead atoms. The maximum atomic E-state index is 11.7. The van der Waals surface area contributed by atoms with Gasteiger partial charge in [0.15, 0.2) is 0 Å². The van der Waals surface area contributed by atoms with Crippen LogP contribution >= 0.6 is 11.3 Å². The fraction of sp³-hybridized carbons (Fsp3) is 0.364. The van der Waals surface area contributed by atoms with Crippen molar-refractivity contribution in [1.29, 1.82) is 0 Å². The van der Waals surface area contributed by atoms with E-state index in [0.29, 0.717) is 5.57 Å². The zero-order chi connectivity index (χ0) is 11.2. The van der Waals surface area contributed by atoms with Gasteiger partial charge in [0.2, 0.25) is 0 Å². The molecule has 0 saturated heterocycles. The first-order valence-corrected chi connectivity index (χ1v) is 5.62. The average molecular weight is 223 g/mol. The van der Waals surface area contributed by atoms with Crippen molar-refractivity contribution in [3.05, 3.63) is 27.6 Å². The fourth-order valence-electron chi connectivity index (χ4n) is 1.67. The highest BCUT2D eigenvalue weighted by Crippen LogP contribution is 2.35. The summed E-state index contributed by atoms with van der Waals surface area (Å²) in [5, 5.41) is 14.7. The van der Waals surface area contributed by atoms with E-state index in [1.54, 1.807) is 13.8 Å². The number of rotatable bonds is 1. The van der Waals surface area contributed by atoms with E-state index in [1.807, 2.05) is 18.4 Å². The molecule has 0 aromatic carbocycles. The van der Waals surface area contributed by atoms with Crippen LogP contribution in [0.3, 0.4) is 0 Å². The summed E-state index contributed by atoms with van der Waals surface area (Å²) in [4.78, 5) is 12.6. The molecule has 0 saturated carbocycles. The van der Waals surface area contributed by atoms with Gasteiger partial charge in [0.25, 0.3) is 5.91 Å². The third-order valence-electron chi connectivity index (χ3n) is 2.57. The average Bonchev–Trinajstić information content (AvgIpc) is 2.58. The molecular weight excluding hydrogens is 210 g/mol. The van der Waals surface area contributed by atoms with Crippen molar-refractivity contribution < 1.29 is 9.90 Å². The van der Waals surface area contributed by atoms with Gasteiger partial charge >= 0.3 is 0 Å². The van der Waals surface area contributed by atoms with E-state index in [1.165, 1.54) is 11.3 Å². The molecule has 3 nitrogen and oxygen atoms in total. The van der Waals surface area contributed by atoms with Gasteiger partial charge in [-0.2, -0.15) is 0 Å². The number of aliphatic hydroxyl groups is 1. The van der Waals surface area contributed by atoms with Gasteiger partial charge in [-0.25, -0.2) is 0 Å². The number of hydrogen-bond acceptors (Lipinski definition) is 3. The van der Waals surface area contributed by atoms with Crippen LogP contribution in [0.1, 0.15) is 24.3 Å². The van der Waals surface area contributed by atoms with Gasteiger partial charge in [-0.05, 0) is 37.8 Å². The molecule has 1 amide bonds. The molecule has 1 aliphatic heterocycles. The monoisotopic (exact) mass is 223 g/mol. The highest BCUT2D eigenvalue weighted by atomic mass is 32.1. The summed E-state index contributed by atoms with van der Waals surface area (Å²) in [6.45, 7) is 5.51. The maximum Gasteiger partial charge on any atom is 0.257 e. The smallest absolute Gasteiger partial charge is 0.257 e. The van der Waals surface area contributed by atoms with Crippen LogP contribution in [-0.2, 0) is 4.79 Å². The second-order valence-corrected chi connectivity index (χ2v) is 5.15. The van der Waals surface area contributed by atoms with Crippen molar-refractivity contribution in [3.8, 4) is 0 Å². The number of aryl methyl sites for hydroxylation is 1. The summed E-state index contributed by atoms with van der Waals surface area (Å²) in [5.74, 6) is -0.0545. The number of aliphatic hydroxyl groups excluding tert-OH is 1. The predicted octanol–water partition coefficient (Wildman–Crippen LogP) is 2.23. The predicted molar refractivity (Wildman–Crippen MR) is 60.8 cm³/mol. The Kier molecular flexibility index (Phi) is 2.12. The van der Waals surface area contributed by atoms with Gasteiger partial charge in [0, 0.05) is 4.88 Å². The minimum atomic E-state index is -0.650. The Hall–Kier alpha value is -1.29. The number of thiophene rings is 1. The minimum Gasteiger partial charge on any atom is -0.509 e. The van der Waals surface area contributed by atoms with Gasteiger partial charge in [-0.15, -0.1) is 11.3 Å². The van der Waals surface area contributed by atoms with E-state index in [-0.39, 0.29) is 11.7 Å². The summed E-state index contributed by atoms with van der Waals surface area (Å²) in [6, 6.07) is 1.94. The number of hydrogen-bond donors (Lipinski definition) is 2. The summed E-state index contributed by atoms with van der Waals surface area (Å²) in [6.07, 6.45) is 0. The normalized spacial score (nSPS) is 19.5. The molecular formula is C11H13NO2S. The van der Waals surface area contributed by atoms with Crippen molar-refractivity contribution in [2.45, 2.75) is 26.3 Å². The van der Waals surface area contributed by atoms with Gasteiger partial charge in [0.1, 0.15) is 5.76 Å². The van der Waals surface area contributed by atoms with Crippen LogP contribution in [0.4, 0.5) is 0 Å². The van der Waals surface area contributed by atoms with Gasteiger partial charge in [-0.3, -0.25) is 4.79 Å². The number of carbonyl (C=O) groups is 1. The lowest BCUT2D eigenvalue weighted by Gasteiger charge is -2.17. The van der Waals surface area contributed by atoms with Crippen LogP contribution in [0, 0.1) is 6.92 Å². The molecule has 0 spiro atoms. The van der Waals surface area contributed by atoms with Crippen LogP contribution in [0.25, 0.3) is 5.57 Å². The molecule has 0 atom stereocenters. The Labute approximate surface area is 92.4 Å². The Morgan fingerprint density at radius 2 is 2.13 bits per heavy atom. The Balaban J connectivity index is 2.59. The molecule has 1 aromatic heterocycles. The lowest BCUT2D eigenvalue weighted by atomic mass is 10.0. The summed E-state index contributed by atoms with van der Waals surface area (Å²) in [5.41, 5.74) is 0.796. The maximum absolute atomic E-state index is 11.7. The first kappa shape index (κ1) is 10.2.